The summed E-state index contributed by atoms with van der Waals surface area (Å²) in [6.45, 7) is 16.0. The Balaban J connectivity index is 1.65. The van der Waals surface area contributed by atoms with Crippen LogP contribution in [0, 0.1) is 44.3 Å². The van der Waals surface area contributed by atoms with E-state index in [-0.39, 0.29) is 32.9 Å². The molecule has 180 valence electrons. The van der Waals surface area contributed by atoms with Crippen LogP contribution in [-0.2, 0) is 9.59 Å². The summed E-state index contributed by atoms with van der Waals surface area (Å²) < 4.78 is 0. The third kappa shape index (κ3) is 2.69. The Hall–Kier alpha value is -1.64. The van der Waals surface area contributed by atoms with Crippen LogP contribution in [0.15, 0.2) is 35.5 Å². The lowest BCUT2D eigenvalue weighted by Gasteiger charge is -2.67. The van der Waals surface area contributed by atoms with Gasteiger partial charge in [-0.15, -0.1) is 0 Å². The zero-order chi connectivity index (χ0) is 24.2. The van der Waals surface area contributed by atoms with Gasteiger partial charge in [0.15, 0.2) is 5.78 Å². The number of carbonyl (C=O) groups excluding carboxylic acids is 1. The van der Waals surface area contributed by atoms with Gasteiger partial charge in [0.2, 0.25) is 0 Å². The number of rotatable bonds is 1. The molecule has 0 amide bonds. The highest BCUT2D eigenvalue weighted by Gasteiger charge is 2.65. The van der Waals surface area contributed by atoms with E-state index >= 15 is 0 Å². The van der Waals surface area contributed by atoms with Crippen LogP contribution in [0.3, 0.4) is 0 Å². The third-order valence-electron chi connectivity index (χ3n) is 12.0. The van der Waals surface area contributed by atoms with Crippen LogP contribution >= 0.6 is 0 Å². The maximum atomic E-state index is 12.8. The molecule has 3 fully saturated rings. The van der Waals surface area contributed by atoms with Gasteiger partial charge < -0.3 is 5.11 Å². The summed E-state index contributed by atoms with van der Waals surface area (Å²) in [4.78, 5) is 25.0. The number of hydrogen-bond donors (Lipinski definition) is 1. The normalized spacial score (nSPS) is 50.2. The monoisotopic (exact) mass is 450 g/mol. The summed E-state index contributed by atoms with van der Waals surface area (Å²) in [5.41, 5.74) is 2.18. The summed E-state index contributed by atoms with van der Waals surface area (Å²) in [6, 6.07) is 0. The number of allylic oxidation sites excluding steroid dienone is 6. The molecule has 0 spiro atoms. The molecule has 0 aromatic carbocycles. The van der Waals surface area contributed by atoms with Crippen LogP contribution in [0.5, 0.6) is 0 Å². The predicted octanol–water partition coefficient (Wildman–Crippen LogP) is 7.14. The first kappa shape index (κ1) is 23.1. The minimum absolute atomic E-state index is 0.0293. The first-order chi connectivity index (χ1) is 15.1. The average Bonchev–Trinajstić information content (AvgIpc) is 2.73. The van der Waals surface area contributed by atoms with Gasteiger partial charge in [-0.25, -0.2) is 0 Å². The van der Waals surface area contributed by atoms with Crippen LogP contribution in [0.25, 0.3) is 0 Å². The van der Waals surface area contributed by atoms with Crippen LogP contribution in [0.4, 0.5) is 0 Å². The maximum Gasteiger partial charge on any atom is 0.309 e. The van der Waals surface area contributed by atoms with Gasteiger partial charge >= 0.3 is 5.97 Å². The van der Waals surface area contributed by atoms with E-state index in [4.69, 9.17) is 0 Å². The van der Waals surface area contributed by atoms with E-state index in [0.29, 0.717) is 11.8 Å². The topological polar surface area (TPSA) is 54.4 Å². The molecule has 1 N–H and O–H groups in total. The lowest BCUT2D eigenvalue weighted by Crippen LogP contribution is -2.59. The molecule has 0 unspecified atom stereocenters. The van der Waals surface area contributed by atoms with Crippen molar-refractivity contribution < 1.29 is 14.7 Å². The van der Waals surface area contributed by atoms with Crippen molar-refractivity contribution in [1.29, 1.82) is 0 Å². The molecule has 3 heteroatoms. The minimum Gasteiger partial charge on any atom is -0.481 e. The largest absolute Gasteiger partial charge is 0.481 e. The van der Waals surface area contributed by atoms with Crippen LogP contribution < -0.4 is 0 Å². The number of aliphatic carboxylic acids is 1. The first-order valence-electron chi connectivity index (χ1n) is 13.0. The van der Waals surface area contributed by atoms with Crippen molar-refractivity contribution in [1.82, 2.24) is 0 Å². The Morgan fingerprint density at radius 1 is 0.909 bits per heavy atom. The Kier molecular flexibility index (Phi) is 4.57. The Labute approximate surface area is 199 Å². The molecule has 3 nitrogen and oxygen atoms in total. The highest BCUT2D eigenvalue weighted by Crippen LogP contribution is 2.73. The quantitative estimate of drug-likeness (QED) is 0.462. The van der Waals surface area contributed by atoms with E-state index in [1.54, 1.807) is 0 Å². The highest BCUT2D eigenvalue weighted by molar-refractivity contribution is 5.96. The van der Waals surface area contributed by atoms with Crippen LogP contribution in [0.1, 0.15) is 93.4 Å². The molecule has 5 aliphatic carbocycles. The third-order valence-corrected chi connectivity index (χ3v) is 12.0. The van der Waals surface area contributed by atoms with Crippen LogP contribution in [-0.4, -0.2) is 16.9 Å². The van der Waals surface area contributed by atoms with Gasteiger partial charge in [0, 0.05) is 10.8 Å². The fourth-order valence-corrected chi connectivity index (χ4v) is 9.18. The van der Waals surface area contributed by atoms with Gasteiger partial charge in [-0.05, 0) is 86.0 Å². The Morgan fingerprint density at radius 3 is 2.24 bits per heavy atom. The number of hydrogen-bond acceptors (Lipinski definition) is 2. The zero-order valence-electron chi connectivity index (χ0n) is 21.7. The van der Waals surface area contributed by atoms with Crippen molar-refractivity contribution in [2.75, 3.05) is 0 Å². The van der Waals surface area contributed by atoms with Crippen molar-refractivity contribution in [3.63, 3.8) is 0 Å². The summed E-state index contributed by atoms with van der Waals surface area (Å²) in [6.07, 6.45) is 15.9. The number of carboxylic acids is 1. The van der Waals surface area contributed by atoms with Gasteiger partial charge in [0.25, 0.3) is 0 Å². The van der Waals surface area contributed by atoms with Crippen LogP contribution in [0.2, 0.25) is 0 Å². The molecule has 0 saturated heterocycles. The van der Waals surface area contributed by atoms with Crippen molar-refractivity contribution in [3.05, 3.63) is 35.5 Å². The first-order valence-corrected chi connectivity index (χ1v) is 13.0. The smallest absolute Gasteiger partial charge is 0.309 e. The summed E-state index contributed by atoms with van der Waals surface area (Å²) >= 11 is 0. The molecule has 0 radical (unpaired) electrons. The molecule has 5 rings (SSSR count). The van der Waals surface area contributed by atoms with E-state index in [1.165, 1.54) is 17.6 Å². The van der Waals surface area contributed by atoms with Crippen molar-refractivity contribution in [2.45, 2.75) is 93.4 Å². The second-order valence-electron chi connectivity index (χ2n) is 13.9. The van der Waals surface area contributed by atoms with Gasteiger partial charge in [-0.1, -0.05) is 70.9 Å². The SMILES string of the molecule is CC1(C)C(=O)C=C[C@]2(C)C3=CC=C4[C@@H]5C[C@@](C)(C(=O)O)CC[C@]5(C)CC[C@@]4(C)[C@]3(C)CC[C@@H]12. The second-order valence-corrected chi connectivity index (χ2v) is 13.9. The zero-order valence-corrected chi connectivity index (χ0v) is 21.7. The molecule has 0 aliphatic heterocycles. The van der Waals surface area contributed by atoms with Crippen molar-refractivity contribution in [2.24, 2.45) is 44.3 Å². The summed E-state index contributed by atoms with van der Waals surface area (Å²) in [5.74, 6) is 0.268. The number of fused-ring (bicyclic) bond motifs is 7. The van der Waals surface area contributed by atoms with E-state index in [2.05, 4.69) is 59.8 Å². The molecular weight excluding hydrogens is 408 g/mol. The molecule has 7 atom stereocenters. The van der Waals surface area contributed by atoms with E-state index in [1.807, 2.05) is 13.0 Å². The molecule has 0 heterocycles. The minimum atomic E-state index is -0.636. The standard InChI is InChI=1S/C30H42O3/c1-25(2)21-10-13-30(7)22(28(21,5)12-11-23(25)31)9-8-19-20-18-27(4,24(32)33)15-14-26(20,3)16-17-29(19,30)6/h8-9,11-12,20-21H,10,13-18H2,1-7H3,(H,32,33)/t20-,21-,26+,27-,28-,29+,30+/m0/s1. The van der Waals surface area contributed by atoms with Crippen molar-refractivity contribution >= 4 is 11.8 Å². The fraction of sp³-hybridized carbons (Fsp3) is 0.733. The van der Waals surface area contributed by atoms with E-state index in [9.17, 15) is 14.7 Å². The molecular formula is C30H42O3. The molecule has 0 aromatic rings. The van der Waals surface area contributed by atoms with Crippen molar-refractivity contribution in [3.8, 4) is 0 Å². The maximum absolute atomic E-state index is 12.8. The van der Waals surface area contributed by atoms with Gasteiger partial charge in [0.1, 0.15) is 0 Å². The van der Waals surface area contributed by atoms with Gasteiger partial charge in [-0.3, -0.25) is 9.59 Å². The molecule has 0 aromatic heterocycles. The summed E-state index contributed by atoms with van der Waals surface area (Å²) in [7, 11) is 0. The highest BCUT2D eigenvalue weighted by atomic mass is 16.4. The average molecular weight is 451 g/mol. The lowest BCUT2D eigenvalue weighted by molar-refractivity contribution is -0.154. The summed E-state index contributed by atoms with van der Waals surface area (Å²) in [5, 5.41) is 10.0. The number of carboxylic acid groups (broad SMARTS) is 1. The van der Waals surface area contributed by atoms with E-state index < -0.39 is 11.4 Å². The second kappa shape index (κ2) is 6.52. The fourth-order valence-electron chi connectivity index (χ4n) is 9.18. The van der Waals surface area contributed by atoms with Gasteiger partial charge in [-0.2, -0.15) is 0 Å². The predicted molar refractivity (Wildman–Crippen MR) is 132 cm³/mol. The molecule has 3 saturated carbocycles. The Bertz CT molecular complexity index is 1030. The van der Waals surface area contributed by atoms with Gasteiger partial charge in [0.05, 0.1) is 5.41 Å². The lowest BCUT2D eigenvalue weighted by atomic mass is 9.37. The molecule has 5 aliphatic rings. The molecule has 33 heavy (non-hydrogen) atoms. The number of carbonyl (C=O) groups is 2. The number of ketones is 1. The molecule has 0 bridgehead atoms. The van der Waals surface area contributed by atoms with E-state index in [0.717, 1.165) is 38.5 Å². The Morgan fingerprint density at radius 2 is 1.58 bits per heavy atom.